The summed E-state index contributed by atoms with van der Waals surface area (Å²) in [5, 5.41) is 3.42. The zero-order chi connectivity index (χ0) is 13.0. The summed E-state index contributed by atoms with van der Waals surface area (Å²) in [6.07, 6.45) is 4.50. The zero-order valence-electron chi connectivity index (χ0n) is 12.4. The van der Waals surface area contributed by atoms with Gasteiger partial charge in [-0.1, -0.05) is 20.8 Å². The molecule has 0 aromatic carbocycles. The van der Waals surface area contributed by atoms with Crippen LogP contribution < -0.4 is 5.32 Å². The molecule has 2 atom stereocenters. The van der Waals surface area contributed by atoms with Gasteiger partial charge in [-0.2, -0.15) is 0 Å². The smallest absolute Gasteiger partial charge is 0.0826 e. The fourth-order valence-electron chi connectivity index (χ4n) is 3.23. The van der Waals surface area contributed by atoms with Crippen LogP contribution in [0.3, 0.4) is 0 Å². The van der Waals surface area contributed by atoms with E-state index in [9.17, 15) is 0 Å². The first-order valence-electron chi connectivity index (χ1n) is 7.60. The number of likely N-dealkylation sites (tertiary alicyclic amines) is 1. The minimum atomic E-state index is 0.407. The van der Waals surface area contributed by atoms with Crippen LogP contribution in [-0.2, 0) is 4.74 Å². The van der Waals surface area contributed by atoms with E-state index in [4.69, 9.17) is 4.74 Å². The molecular formula is C15H30N2O. The highest BCUT2D eigenvalue weighted by atomic mass is 16.5. The average molecular weight is 254 g/mol. The second-order valence-electron chi connectivity index (χ2n) is 6.99. The van der Waals surface area contributed by atoms with E-state index in [0.29, 0.717) is 11.5 Å². The molecule has 2 aliphatic rings. The van der Waals surface area contributed by atoms with Crippen LogP contribution in [0.5, 0.6) is 0 Å². The third kappa shape index (κ3) is 4.22. The Morgan fingerprint density at radius 3 is 2.72 bits per heavy atom. The molecule has 0 aliphatic carbocycles. The van der Waals surface area contributed by atoms with Gasteiger partial charge in [0.15, 0.2) is 0 Å². The normalized spacial score (nSPS) is 32.2. The highest BCUT2D eigenvalue weighted by molar-refractivity contribution is 4.80. The van der Waals surface area contributed by atoms with Crippen LogP contribution in [-0.4, -0.2) is 50.3 Å². The Bertz CT molecular complexity index is 243. The molecule has 2 saturated heterocycles. The molecule has 0 saturated carbocycles. The van der Waals surface area contributed by atoms with Crippen molar-refractivity contribution in [3.05, 3.63) is 0 Å². The maximum absolute atomic E-state index is 5.81. The van der Waals surface area contributed by atoms with Crippen molar-refractivity contribution >= 4 is 0 Å². The lowest BCUT2D eigenvalue weighted by molar-refractivity contribution is 0.00573. The number of hydrogen-bond donors (Lipinski definition) is 1. The lowest BCUT2D eigenvalue weighted by Crippen LogP contribution is -2.45. The van der Waals surface area contributed by atoms with Crippen LogP contribution >= 0.6 is 0 Å². The molecule has 0 radical (unpaired) electrons. The topological polar surface area (TPSA) is 24.5 Å². The van der Waals surface area contributed by atoms with Gasteiger partial charge in [-0.05, 0) is 43.7 Å². The largest absolute Gasteiger partial charge is 0.374 e. The zero-order valence-corrected chi connectivity index (χ0v) is 12.4. The molecule has 0 bridgehead atoms. The third-order valence-electron chi connectivity index (χ3n) is 4.51. The van der Waals surface area contributed by atoms with E-state index >= 15 is 0 Å². The van der Waals surface area contributed by atoms with Gasteiger partial charge in [0.25, 0.3) is 0 Å². The fraction of sp³-hybridized carbons (Fsp3) is 1.00. The number of ether oxygens (including phenoxy) is 1. The number of rotatable bonds is 2. The van der Waals surface area contributed by atoms with Crippen LogP contribution in [0.4, 0.5) is 0 Å². The molecule has 18 heavy (non-hydrogen) atoms. The highest BCUT2D eigenvalue weighted by Gasteiger charge is 2.28. The Balaban J connectivity index is 1.78. The summed E-state index contributed by atoms with van der Waals surface area (Å²) in [5.74, 6) is 0.882. The van der Waals surface area contributed by atoms with E-state index < -0.39 is 0 Å². The van der Waals surface area contributed by atoms with E-state index in [-0.39, 0.29) is 0 Å². The Labute approximate surface area is 112 Å². The quantitative estimate of drug-likeness (QED) is 0.817. The third-order valence-corrected chi connectivity index (χ3v) is 4.51. The van der Waals surface area contributed by atoms with Gasteiger partial charge in [0, 0.05) is 19.6 Å². The van der Waals surface area contributed by atoms with Crippen molar-refractivity contribution in [3.8, 4) is 0 Å². The summed E-state index contributed by atoms with van der Waals surface area (Å²) in [7, 11) is 0. The van der Waals surface area contributed by atoms with Crippen molar-refractivity contribution in [2.45, 2.75) is 46.1 Å². The van der Waals surface area contributed by atoms with Crippen LogP contribution in [0.25, 0.3) is 0 Å². The average Bonchev–Trinajstić information content (AvgIpc) is 2.55. The molecule has 1 N–H and O–H groups in total. The maximum Gasteiger partial charge on any atom is 0.0826 e. The second kappa shape index (κ2) is 6.36. The van der Waals surface area contributed by atoms with Crippen molar-refractivity contribution in [1.82, 2.24) is 10.2 Å². The summed E-state index contributed by atoms with van der Waals surface area (Å²) in [6, 6.07) is 0. The number of nitrogens with one attached hydrogen (secondary N) is 1. The fourth-order valence-corrected chi connectivity index (χ4v) is 3.23. The molecule has 3 nitrogen and oxygen atoms in total. The molecule has 2 fully saturated rings. The Hall–Kier alpha value is -0.120. The number of hydrogen-bond acceptors (Lipinski definition) is 3. The van der Waals surface area contributed by atoms with Gasteiger partial charge in [0.05, 0.1) is 12.7 Å². The van der Waals surface area contributed by atoms with Gasteiger partial charge in [0.1, 0.15) is 0 Å². The number of morpholine rings is 1. The molecule has 0 spiro atoms. The van der Waals surface area contributed by atoms with Gasteiger partial charge in [-0.25, -0.2) is 0 Å². The minimum Gasteiger partial charge on any atom is -0.374 e. The van der Waals surface area contributed by atoms with E-state index in [0.717, 1.165) is 32.2 Å². The SMILES string of the molecule is CC(C)(C)C1CCCN(CC2CNCCO2)CC1. The van der Waals surface area contributed by atoms with Crippen LogP contribution in [0, 0.1) is 11.3 Å². The first-order chi connectivity index (χ1) is 8.55. The molecule has 0 amide bonds. The first kappa shape index (κ1) is 14.3. The van der Waals surface area contributed by atoms with Crippen molar-refractivity contribution in [1.29, 1.82) is 0 Å². The first-order valence-corrected chi connectivity index (χ1v) is 7.60. The maximum atomic E-state index is 5.81. The minimum absolute atomic E-state index is 0.407. The predicted molar refractivity (Wildman–Crippen MR) is 75.8 cm³/mol. The monoisotopic (exact) mass is 254 g/mol. The summed E-state index contributed by atoms with van der Waals surface area (Å²) in [4.78, 5) is 2.61. The summed E-state index contributed by atoms with van der Waals surface area (Å²) < 4.78 is 5.81. The Morgan fingerprint density at radius 2 is 2.06 bits per heavy atom. The molecule has 2 rings (SSSR count). The lowest BCUT2D eigenvalue weighted by Gasteiger charge is -2.31. The van der Waals surface area contributed by atoms with Crippen LogP contribution in [0.1, 0.15) is 40.0 Å². The second-order valence-corrected chi connectivity index (χ2v) is 6.99. The Kier molecular flexibility index (Phi) is 5.05. The standard InChI is InChI=1S/C15H30N2O/c1-15(2,3)13-5-4-8-17(9-6-13)12-14-11-16-7-10-18-14/h13-14,16H,4-12H2,1-3H3. The molecule has 0 aromatic rings. The van der Waals surface area contributed by atoms with Gasteiger partial charge in [-0.3, -0.25) is 0 Å². The van der Waals surface area contributed by atoms with Gasteiger partial charge >= 0.3 is 0 Å². The molecule has 0 aromatic heterocycles. The predicted octanol–water partition coefficient (Wildman–Crippen LogP) is 2.12. The van der Waals surface area contributed by atoms with Crippen LogP contribution in [0.15, 0.2) is 0 Å². The van der Waals surface area contributed by atoms with E-state index in [1.807, 2.05) is 0 Å². The van der Waals surface area contributed by atoms with Gasteiger partial charge in [0.2, 0.25) is 0 Å². The van der Waals surface area contributed by atoms with Crippen LogP contribution in [0.2, 0.25) is 0 Å². The number of nitrogens with zero attached hydrogens (tertiary/aromatic N) is 1. The summed E-state index contributed by atoms with van der Waals surface area (Å²) in [5.41, 5.74) is 0.471. The van der Waals surface area contributed by atoms with E-state index in [2.05, 4.69) is 31.0 Å². The summed E-state index contributed by atoms with van der Waals surface area (Å²) in [6.45, 7) is 13.7. The molecule has 2 unspecified atom stereocenters. The molecular weight excluding hydrogens is 224 g/mol. The van der Waals surface area contributed by atoms with Gasteiger partial charge < -0.3 is 15.0 Å². The van der Waals surface area contributed by atoms with Crippen molar-refractivity contribution < 1.29 is 4.74 Å². The molecule has 106 valence electrons. The highest BCUT2D eigenvalue weighted by Crippen LogP contribution is 2.34. The van der Waals surface area contributed by atoms with Crippen molar-refractivity contribution in [2.75, 3.05) is 39.3 Å². The van der Waals surface area contributed by atoms with Crippen molar-refractivity contribution in [3.63, 3.8) is 0 Å². The molecule has 2 aliphatic heterocycles. The lowest BCUT2D eigenvalue weighted by atomic mass is 9.77. The molecule has 3 heteroatoms. The Morgan fingerprint density at radius 1 is 1.22 bits per heavy atom. The van der Waals surface area contributed by atoms with E-state index in [1.165, 1.54) is 32.4 Å². The summed E-state index contributed by atoms with van der Waals surface area (Å²) >= 11 is 0. The van der Waals surface area contributed by atoms with Gasteiger partial charge in [-0.15, -0.1) is 0 Å². The van der Waals surface area contributed by atoms with Crippen molar-refractivity contribution in [2.24, 2.45) is 11.3 Å². The molecule has 2 heterocycles. The van der Waals surface area contributed by atoms with E-state index in [1.54, 1.807) is 0 Å².